The van der Waals surface area contributed by atoms with Gasteiger partial charge in [-0.3, -0.25) is 0 Å². The second kappa shape index (κ2) is 5.02. The van der Waals surface area contributed by atoms with Crippen molar-refractivity contribution in [2.45, 2.75) is 6.92 Å². The van der Waals surface area contributed by atoms with E-state index in [9.17, 15) is 4.79 Å². The molecule has 1 N–H and O–H groups in total. The highest BCUT2D eigenvalue weighted by atomic mass is 79.9. The van der Waals surface area contributed by atoms with Gasteiger partial charge in [0.25, 0.3) is 0 Å². The number of hydrogen-bond donors (Lipinski definition) is 1. The summed E-state index contributed by atoms with van der Waals surface area (Å²) in [6, 6.07) is 2.92. The quantitative estimate of drug-likeness (QED) is 0.917. The molecule has 15 heavy (non-hydrogen) atoms. The zero-order valence-electron chi connectivity index (χ0n) is 8.41. The fourth-order valence-electron chi connectivity index (χ4n) is 1.15. The molecule has 0 saturated carbocycles. The summed E-state index contributed by atoms with van der Waals surface area (Å²) in [4.78, 5) is 10.8. The number of halogens is 1. The molecular weight excluding hydrogens is 264 g/mol. The van der Waals surface area contributed by atoms with E-state index in [-0.39, 0.29) is 5.56 Å². The lowest BCUT2D eigenvalue weighted by Crippen LogP contribution is -2.01. The van der Waals surface area contributed by atoms with E-state index in [1.54, 1.807) is 0 Å². The smallest absolute Gasteiger partial charge is 0.335 e. The minimum absolute atomic E-state index is 0.158. The number of carbonyl (C=O) groups is 1. The van der Waals surface area contributed by atoms with Crippen molar-refractivity contribution in [3.05, 3.63) is 22.2 Å². The third-order valence-corrected chi connectivity index (χ3v) is 2.35. The Morgan fingerprint density at radius 2 is 2.20 bits per heavy atom. The number of carboxylic acid groups (broad SMARTS) is 1. The molecule has 0 aliphatic heterocycles. The van der Waals surface area contributed by atoms with Crippen molar-refractivity contribution < 1.29 is 19.4 Å². The van der Waals surface area contributed by atoms with Gasteiger partial charge in [-0.1, -0.05) is 0 Å². The summed E-state index contributed by atoms with van der Waals surface area (Å²) in [7, 11) is 1.50. The van der Waals surface area contributed by atoms with Crippen molar-refractivity contribution in [1.29, 1.82) is 0 Å². The largest absolute Gasteiger partial charge is 0.492 e. The number of ether oxygens (including phenoxy) is 2. The molecule has 0 amide bonds. The Kier molecular flexibility index (Phi) is 3.96. The van der Waals surface area contributed by atoms with E-state index in [4.69, 9.17) is 14.6 Å². The topological polar surface area (TPSA) is 55.8 Å². The van der Waals surface area contributed by atoms with Gasteiger partial charge in [-0.25, -0.2) is 4.79 Å². The number of carboxylic acids is 1. The van der Waals surface area contributed by atoms with Crippen LogP contribution in [0.3, 0.4) is 0 Å². The molecule has 0 unspecified atom stereocenters. The predicted octanol–water partition coefficient (Wildman–Crippen LogP) is 2.55. The first-order valence-electron chi connectivity index (χ1n) is 4.33. The third-order valence-electron chi connectivity index (χ3n) is 1.76. The molecule has 82 valence electrons. The van der Waals surface area contributed by atoms with Crippen LogP contribution in [-0.2, 0) is 0 Å². The van der Waals surface area contributed by atoms with Crippen LogP contribution in [0.5, 0.6) is 11.5 Å². The van der Waals surface area contributed by atoms with Crippen LogP contribution in [0.2, 0.25) is 0 Å². The van der Waals surface area contributed by atoms with Gasteiger partial charge in [-0.2, -0.15) is 0 Å². The summed E-state index contributed by atoms with van der Waals surface area (Å²) in [5, 5.41) is 8.85. The fourth-order valence-corrected chi connectivity index (χ4v) is 1.76. The summed E-state index contributed by atoms with van der Waals surface area (Å²) in [6.07, 6.45) is 0. The number of methoxy groups -OCH3 is 1. The minimum atomic E-state index is -1.00. The maximum Gasteiger partial charge on any atom is 0.335 e. The predicted molar refractivity (Wildman–Crippen MR) is 58.8 cm³/mol. The van der Waals surface area contributed by atoms with Crippen molar-refractivity contribution in [1.82, 2.24) is 0 Å². The number of aromatic carboxylic acids is 1. The number of benzene rings is 1. The molecule has 1 aromatic rings. The SMILES string of the molecule is CCOc1cc(C(=O)O)cc(Br)c1OC. The molecule has 0 radical (unpaired) electrons. The Labute approximate surface area is 95.9 Å². The van der Waals surface area contributed by atoms with Gasteiger partial charge < -0.3 is 14.6 Å². The normalized spacial score (nSPS) is 9.80. The molecular formula is C10H11BrO4. The Morgan fingerprint density at radius 3 is 2.67 bits per heavy atom. The average Bonchev–Trinajstić information content (AvgIpc) is 2.17. The molecule has 1 aromatic carbocycles. The van der Waals surface area contributed by atoms with Gasteiger partial charge in [0.15, 0.2) is 11.5 Å². The van der Waals surface area contributed by atoms with E-state index in [0.29, 0.717) is 22.6 Å². The van der Waals surface area contributed by atoms with Gasteiger partial charge in [-0.15, -0.1) is 0 Å². The summed E-state index contributed by atoms with van der Waals surface area (Å²) >= 11 is 3.23. The van der Waals surface area contributed by atoms with Gasteiger partial charge in [0.05, 0.1) is 23.8 Å². The maximum atomic E-state index is 10.8. The van der Waals surface area contributed by atoms with E-state index in [1.807, 2.05) is 6.92 Å². The number of hydrogen-bond acceptors (Lipinski definition) is 3. The molecule has 0 aliphatic carbocycles. The van der Waals surface area contributed by atoms with E-state index in [2.05, 4.69) is 15.9 Å². The van der Waals surface area contributed by atoms with Crippen molar-refractivity contribution >= 4 is 21.9 Å². The van der Waals surface area contributed by atoms with Gasteiger partial charge in [0.2, 0.25) is 0 Å². The highest BCUT2D eigenvalue weighted by Crippen LogP contribution is 2.36. The van der Waals surface area contributed by atoms with Crippen LogP contribution in [0.4, 0.5) is 0 Å². The van der Waals surface area contributed by atoms with Crippen molar-refractivity contribution in [2.75, 3.05) is 13.7 Å². The lowest BCUT2D eigenvalue weighted by molar-refractivity contribution is 0.0696. The van der Waals surface area contributed by atoms with Crippen LogP contribution in [-0.4, -0.2) is 24.8 Å². The van der Waals surface area contributed by atoms with Crippen LogP contribution in [0.1, 0.15) is 17.3 Å². The Balaban J connectivity index is 3.25. The van der Waals surface area contributed by atoms with E-state index >= 15 is 0 Å². The van der Waals surface area contributed by atoms with Crippen LogP contribution in [0.25, 0.3) is 0 Å². The molecule has 5 heteroatoms. The van der Waals surface area contributed by atoms with Crippen molar-refractivity contribution in [2.24, 2.45) is 0 Å². The molecule has 1 rings (SSSR count). The highest BCUT2D eigenvalue weighted by Gasteiger charge is 2.14. The molecule has 0 spiro atoms. The van der Waals surface area contributed by atoms with Crippen LogP contribution in [0, 0.1) is 0 Å². The maximum absolute atomic E-state index is 10.8. The molecule has 4 nitrogen and oxygen atoms in total. The first-order valence-corrected chi connectivity index (χ1v) is 5.13. The highest BCUT2D eigenvalue weighted by molar-refractivity contribution is 9.10. The lowest BCUT2D eigenvalue weighted by Gasteiger charge is -2.11. The van der Waals surface area contributed by atoms with Crippen LogP contribution < -0.4 is 9.47 Å². The van der Waals surface area contributed by atoms with Gasteiger partial charge in [-0.05, 0) is 35.0 Å². The molecule has 0 fully saturated rings. The molecule has 0 heterocycles. The zero-order valence-corrected chi connectivity index (χ0v) is 10.00. The third kappa shape index (κ3) is 2.62. The Morgan fingerprint density at radius 1 is 1.53 bits per heavy atom. The van der Waals surface area contributed by atoms with Crippen LogP contribution in [0.15, 0.2) is 16.6 Å². The first-order chi connectivity index (χ1) is 7.10. The molecule has 0 aromatic heterocycles. The van der Waals surface area contributed by atoms with Gasteiger partial charge in [0.1, 0.15) is 0 Å². The first kappa shape index (κ1) is 11.8. The summed E-state index contributed by atoms with van der Waals surface area (Å²) in [6.45, 7) is 2.27. The monoisotopic (exact) mass is 274 g/mol. The average molecular weight is 275 g/mol. The summed E-state index contributed by atoms with van der Waals surface area (Å²) in [5.41, 5.74) is 0.158. The second-order valence-electron chi connectivity index (χ2n) is 2.73. The van der Waals surface area contributed by atoms with Crippen molar-refractivity contribution in [3.8, 4) is 11.5 Å². The Bertz CT molecular complexity index is 376. The van der Waals surface area contributed by atoms with E-state index in [0.717, 1.165) is 0 Å². The summed E-state index contributed by atoms with van der Waals surface area (Å²) < 4.78 is 10.9. The number of rotatable bonds is 4. The zero-order chi connectivity index (χ0) is 11.4. The minimum Gasteiger partial charge on any atom is -0.492 e. The molecule has 0 aliphatic rings. The van der Waals surface area contributed by atoms with E-state index < -0.39 is 5.97 Å². The Hall–Kier alpha value is -1.23. The molecule has 0 saturated heterocycles. The van der Waals surface area contributed by atoms with E-state index in [1.165, 1.54) is 19.2 Å². The fraction of sp³-hybridized carbons (Fsp3) is 0.300. The lowest BCUT2D eigenvalue weighted by atomic mass is 10.2. The standard InChI is InChI=1S/C10H11BrO4/c1-3-15-8-5-6(10(12)13)4-7(11)9(8)14-2/h4-5H,3H2,1-2H3,(H,12,13). The van der Waals surface area contributed by atoms with Crippen molar-refractivity contribution in [3.63, 3.8) is 0 Å². The van der Waals surface area contributed by atoms with Gasteiger partial charge in [0, 0.05) is 0 Å². The van der Waals surface area contributed by atoms with Gasteiger partial charge >= 0.3 is 5.97 Å². The molecule has 0 bridgehead atoms. The summed E-state index contributed by atoms with van der Waals surface area (Å²) in [5.74, 6) is -0.0760. The molecule has 0 atom stereocenters. The van der Waals surface area contributed by atoms with Crippen LogP contribution >= 0.6 is 15.9 Å². The second-order valence-corrected chi connectivity index (χ2v) is 3.58.